The molecule has 1 saturated heterocycles. The first-order valence-corrected chi connectivity index (χ1v) is 7.29. The van der Waals surface area contributed by atoms with Gasteiger partial charge in [0, 0.05) is 30.9 Å². The lowest BCUT2D eigenvalue weighted by molar-refractivity contribution is 0.291. The van der Waals surface area contributed by atoms with Gasteiger partial charge in [0.05, 0.1) is 0 Å². The number of aromatic nitrogens is 1. The molecule has 1 aromatic heterocycles. The number of pyridine rings is 1. The van der Waals surface area contributed by atoms with E-state index in [9.17, 15) is 0 Å². The summed E-state index contributed by atoms with van der Waals surface area (Å²) in [5.41, 5.74) is 4.22. The Morgan fingerprint density at radius 3 is 2.74 bits per heavy atom. The number of nitrogens with one attached hydrogen (secondary N) is 1. The molecule has 1 aliphatic rings. The molecule has 0 unspecified atom stereocenters. The maximum atomic E-state index is 4.83. The molecule has 1 N–H and O–H groups in total. The SMILES string of the molecule is CNCc1c(C)cc(C)nc1N1CCCC(C)(C)C1. The van der Waals surface area contributed by atoms with Gasteiger partial charge in [0.25, 0.3) is 0 Å². The van der Waals surface area contributed by atoms with Gasteiger partial charge >= 0.3 is 0 Å². The zero-order valence-electron chi connectivity index (χ0n) is 13.0. The zero-order chi connectivity index (χ0) is 14.0. The molecule has 2 heterocycles. The molecule has 0 radical (unpaired) electrons. The number of aryl methyl sites for hydroxylation is 2. The van der Waals surface area contributed by atoms with E-state index in [1.807, 2.05) is 7.05 Å². The highest BCUT2D eigenvalue weighted by Gasteiger charge is 2.28. The monoisotopic (exact) mass is 261 g/mol. The fraction of sp³-hybridized carbons (Fsp3) is 0.688. The summed E-state index contributed by atoms with van der Waals surface area (Å²) in [5.74, 6) is 1.19. The summed E-state index contributed by atoms with van der Waals surface area (Å²) in [5, 5.41) is 3.28. The molecule has 19 heavy (non-hydrogen) atoms. The summed E-state index contributed by atoms with van der Waals surface area (Å²) < 4.78 is 0. The summed E-state index contributed by atoms with van der Waals surface area (Å²) in [4.78, 5) is 7.31. The van der Waals surface area contributed by atoms with E-state index in [2.05, 4.69) is 44.0 Å². The lowest BCUT2D eigenvalue weighted by Gasteiger charge is -2.39. The van der Waals surface area contributed by atoms with E-state index in [1.54, 1.807) is 0 Å². The maximum Gasteiger partial charge on any atom is 0.133 e. The van der Waals surface area contributed by atoms with Crippen LogP contribution in [-0.2, 0) is 6.54 Å². The quantitative estimate of drug-likeness (QED) is 0.906. The van der Waals surface area contributed by atoms with Crippen LogP contribution in [-0.4, -0.2) is 25.1 Å². The lowest BCUT2D eigenvalue weighted by Crippen LogP contribution is -2.41. The third-order valence-corrected chi connectivity index (χ3v) is 4.01. The first kappa shape index (κ1) is 14.3. The van der Waals surface area contributed by atoms with E-state index in [4.69, 9.17) is 4.98 Å². The molecule has 3 nitrogen and oxygen atoms in total. The van der Waals surface area contributed by atoms with Gasteiger partial charge < -0.3 is 10.2 Å². The first-order valence-electron chi connectivity index (χ1n) is 7.29. The van der Waals surface area contributed by atoms with Crippen molar-refractivity contribution in [2.24, 2.45) is 5.41 Å². The molecule has 1 aliphatic heterocycles. The zero-order valence-corrected chi connectivity index (χ0v) is 13.0. The van der Waals surface area contributed by atoms with Crippen molar-refractivity contribution in [3.63, 3.8) is 0 Å². The van der Waals surface area contributed by atoms with Gasteiger partial charge in [0.15, 0.2) is 0 Å². The third-order valence-electron chi connectivity index (χ3n) is 4.01. The molecule has 2 rings (SSSR count). The number of piperidine rings is 1. The van der Waals surface area contributed by atoms with E-state index in [-0.39, 0.29) is 0 Å². The van der Waals surface area contributed by atoms with Gasteiger partial charge in [-0.15, -0.1) is 0 Å². The van der Waals surface area contributed by atoms with Crippen LogP contribution in [0.25, 0.3) is 0 Å². The molecule has 0 amide bonds. The third kappa shape index (κ3) is 3.27. The second kappa shape index (κ2) is 5.49. The van der Waals surface area contributed by atoms with Gasteiger partial charge in [0.2, 0.25) is 0 Å². The smallest absolute Gasteiger partial charge is 0.133 e. The van der Waals surface area contributed by atoms with Gasteiger partial charge in [0.1, 0.15) is 5.82 Å². The molecular formula is C16H27N3. The Labute approximate surface area is 117 Å². The summed E-state index contributed by atoms with van der Waals surface area (Å²) in [6.07, 6.45) is 2.58. The van der Waals surface area contributed by atoms with Crippen LogP contribution in [0.1, 0.15) is 43.5 Å². The fourth-order valence-corrected chi connectivity index (χ4v) is 3.10. The summed E-state index contributed by atoms with van der Waals surface area (Å²) in [6, 6.07) is 2.19. The van der Waals surface area contributed by atoms with E-state index in [1.165, 1.54) is 29.8 Å². The maximum absolute atomic E-state index is 4.83. The van der Waals surface area contributed by atoms with E-state index < -0.39 is 0 Å². The van der Waals surface area contributed by atoms with Gasteiger partial charge in [-0.05, 0) is 50.8 Å². The van der Waals surface area contributed by atoms with E-state index in [0.29, 0.717) is 5.41 Å². The lowest BCUT2D eigenvalue weighted by atomic mass is 9.84. The standard InChI is InChI=1S/C16H27N3/c1-12-9-13(2)18-15(14(12)10-17-5)19-8-6-7-16(3,4)11-19/h9,17H,6-8,10-11H2,1-5H3. The van der Waals surface area contributed by atoms with Crippen molar-refractivity contribution in [3.8, 4) is 0 Å². The molecule has 1 aromatic rings. The average molecular weight is 261 g/mol. The van der Waals surface area contributed by atoms with Crippen molar-refractivity contribution in [1.82, 2.24) is 10.3 Å². The summed E-state index contributed by atoms with van der Waals surface area (Å²) in [7, 11) is 2.00. The predicted octanol–water partition coefficient (Wildman–Crippen LogP) is 3.04. The van der Waals surface area contributed by atoms with Crippen molar-refractivity contribution < 1.29 is 0 Å². The van der Waals surface area contributed by atoms with Gasteiger partial charge in [-0.2, -0.15) is 0 Å². The molecule has 1 fully saturated rings. The molecule has 0 bridgehead atoms. The second-order valence-corrected chi connectivity index (χ2v) is 6.60. The van der Waals surface area contributed by atoms with Gasteiger partial charge in [-0.25, -0.2) is 4.98 Å². The average Bonchev–Trinajstić information content (AvgIpc) is 2.31. The fourth-order valence-electron chi connectivity index (χ4n) is 3.10. The molecule has 0 atom stereocenters. The van der Waals surface area contributed by atoms with Crippen LogP contribution in [0.2, 0.25) is 0 Å². The Hall–Kier alpha value is -1.09. The second-order valence-electron chi connectivity index (χ2n) is 6.60. The molecule has 106 valence electrons. The van der Waals surface area contributed by atoms with Gasteiger partial charge in [-0.1, -0.05) is 13.8 Å². The number of hydrogen-bond donors (Lipinski definition) is 1. The largest absolute Gasteiger partial charge is 0.356 e. The van der Waals surface area contributed by atoms with Crippen LogP contribution >= 0.6 is 0 Å². The molecule has 0 aliphatic carbocycles. The number of anilines is 1. The van der Waals surface area contributed by atoms with Crippen LogP contribution in [0.3, 0.4) is 0 Å². The van der Waals surface area contributed by atoms with Crippen LogP contribution < -0.4 is 10.2 Å². The topological polar surface area (TPSA) is 28.2 Å². The van der Waals surface area contributed by atoms with Crippen molar-refractivity contribution in [1.29, 1.82) is 0 Å². The highest BCUT2D eigenvalue weighted by Crippen LogP contribution is 2.33. The Morgan fingerprint density at radius 1 is 1.37 bits per heavy atom. The number of rotatable bonds is 3. The highest BCUT2D eigenvalue weighted by atomic mass is 15.2. The van der Waals surface area contributed by atoms with Crippen molar-refractivity contribution in [2.75, 3.05) is 25.0 Å². The Balaban J connectivity index is 2.37. The van der Waals surface area contributed by atoms with E-state index >= 15 is 0 Å². The highest BCUT2D eigenvalue weighted by molar-refractivity contribution is 5.52. The minimum absolute atomic E-state index is 0.397. The molecular weight excluding hydrogens is 234 g/mol. The summed E-state index contributed by atoms with van der Waals surface area (Å²) >= 11 is 0. The molecule has 0 saturated carbocycles. The molecule has 0 aromatic carbocycles. The summed E-state index contributed by atoms with van der Waals surface area (Å²) in [6.45, 7) is 12.1. The van der Waals surface area contributed by atoms with E-state index in [0.717, 1.165) is 25.3 Å². The van der Waals surface area contributed by atoms with Crippen LogP contribution in [0.5, 0.6) is 0 Å². The Morgan fingerprint density at radius 2 is 2.11 bits per heavy atom. The predicted molar refractivity (Wildman–Crippen MR) is 81.7 cm³/mol. The molecule has 0 spiro atoms. The number of hydrogen-bond acceptors (Lipinski definition) is 3. The number of nitrogens with zero attached hydrogens (tertiary/aromatic N) is 2. The van der Waals surface area contributed by atoms with Crippen molar-refractivity contribution in [2.45, 2.75) is 47.1 Å². The Kier molecular flexibility index (Phi) is 4.14. The molecule has 3 heteroatoms. The normalized spacial score (nSPS) is 18.7. The first-order chi connectivity index (χ1) is 8.93. The van der Waals surface area contributed by atoms with Crippen LogP contribution in [0.15, 0.2) is 6.07 Å². The Bertz CT molecular complexity index is 452. The minimum Gasteiger partial charge on any atom is -0.356 e. The van der Waals surface area contributed by atoms with Crippen molar-refractivity contribution in [3.05, 3.63) is 22.9 Å². The van der Waals surface area contributed by atoms with Crippen LogP contribution in [0.4, 0.5) is 5.82 Å². The van der Waals surface area contributed by atoms with Gasteiger partial charge in [-0.3, -0.25) is 0 Å². The minimum atomic E-state index is 0.397. The van der Waals surface area contributed by atoms with Crippen LogP contribution in [0, 0.1) is 19.3 Å². The van der Waals surface area contributed by atoms with Crippen molar-refractivity contribution >= 4 is 5.82 Å².